The SMILES string of the molecule is BNC(=O)c1cccc(N)c1. The predicted octanol–water partition coefficient (Wildman–Crippen LogP) is -0.453. The van der Waals surface area contributed by atoms with Crippen molar-refractivity contribution in [1.82, 2.24) is 5.23 Å². The third-order valence-electron chi connectivity index (χ3n) is 1.38. The van der Waals surface area contributed by atoms with Crippen LogP contribution in [0.5, 0.6) is 0 Å². The smallest absolute Gasteiger partial charge is 0.238 e. The first kappa shape index (κ1) is 7.66. The number of hydrogen-bond donors (Lipinski definition) is 2. The number of carbonyl (C=O) groups excluding carboxylic acids is 1. The van der Waals surface area contributed by atoms with Gasteiger partial charge in [0, 0.05) is 11.3 Å². The summed E-state index contributed by atoms with van der Waals surface area (Å²) in [5.74, 6) is -0.114. The fourth-order valence-corrected chi connectivity index (χ4v) is 0.824. The molecule has 3 nitrogen and oxygen atoms in total. The van der Waals surface area contributed by atoms with Crippen molar-refractivity contribution in [3.63, 3.8) is 0 Å². The molecular weight excluding hydrogens is 139 g/mol. The predicted molar refractivity (Wildman–Crippen MR) is 46.9 cm³/mol. The van der Waals surface area contributed by atoms with Crippen molar-refractivity contribution in [3.8, 4) is 0 Å². The molecule has 0 atom stereocenters. The summed E-state index contributed by atoms with van der Waals surface area (Å²) < 4.78 is 0. The molecule has 1 amide bonds. The molecule has 0 spiro atoms. The van der Waals surface area contributed by atoms with Gasteiger partial charge in [0.25, 0.3) is 0 Å². The maximum atomic E-state index is 11.0. The Balaban J connectivity index is 2.96. The molecule has 3 N–H and O–H groups in total. The fourth-order valence-electron chi connectivity index (χ4n) is 0.824. The number of anilines is 1. The zero-order valence-corrected chi connectivity index (χ0v) is 6.29. The maximum absolute atomic E-state index is 11.0. The van der Waals surface area contributed by atoms with Gasteiger partial charge < -0.3 is 11.0 Å². The van der Waals surface area contributed by atoms with Crippen LogP contribution in [0.4, 0.5) is 5.69 Å². The average molecular weight is 148 g/mol. The monoisotopic (exact) mass is 148 g/mol. The van der Waals surface area contributed by atoms with E-state index in [-0.39, 0.29) is 5.91 Å². The molecule has 0 aliphatic carbocycles. The third kappa shape index (κ3) is 1.74. The highest BCUT2D eigenvalue weighted by molar-refractivity contribution is 6.18. The summed E-state index contributed by atoms with van der Waals surface area (Å²) in [6, 6.07) is 6.85. The number of carbonyl (C=O) groups is 1. The zero-order valence-electron chi connectivity index (χ0n) is 6.29. The molecule has 4 heteroatoms. The van der Waals surface area contributed by atoms with Crippen LogP contribution in [-0.4, -0.2) is 13.9 Å². The average Bonchev–Trinajstić information content (AvgIpc) is 2.03. The summed E-state index contributed by atoms with van der Waals surface area (Å²) in [5, 5.41) is 2.51. The summed E-state index contributed by atoms with van der Waals surface area (Å²) in [6.07, 6.45) is 0. The van der Waals surface area contributed by atoms with E-state index >= 15 is 0 Å². The molecule has 1 rings (SSSR count). The topological polar surface area (TPSA) is 55.1 Å². The molecule has 1 aromatic carbocycles. The van der Waals surface area contributed by atoms with E-state index in [1.54, 1.807) is 32.2 Å². The van der Waals surface area contributed by atoms with E-state index in [2.05, 4.69) is 5.23 Å². The Bertz CT molecular complexity index is 275. The normalized spacial score (nSPS) is 9.09. The van der Waals surface area contributed by atoms with Gasteiger partial charge in [0.05, 0.1) is 0 Å². The van der Waals surface area contributed by atoms with E-state index < -0.39 is 0 Å². The number of amides is 1. The van der Waals surface area contributed by atoms with Gasteiger partial charge in [-0.1, -0.05) is 6.07 Å². The van der Waals surface area contributed by atoms with Gasteiger partial charge in [0.2, 0.25) is 13.9 Å². The molecule has 0 fully saturated rings. The molecule has 0 aliphatic rings. The van der Waals surface area contributed by atoms with Crippen LogP contribution in [0.15, 0.2) is 24.3 Å². The van der Waals surface area contributed by atoms with E-state index in [1.165, 1.54) is 0 Å². The molecule has 0 saturated carbocycles. The fraction of sp³-hybridized carbons (Fsp3) is 0. The molecule has 11 heavy (non-hydrogen) atoms. The van der Waals surface area contributed by atoms with E-state index in [9.17, 15) is 4.79 Å². The van der Waals surface area contributed by atoms with Gasteiger partial charge in [-0.25, -0.2) is 0 Å². The number of nitrogen functional groups attached to an aromatic ring is 1. The van der Waals surface area contributed by atoms with Crippen molar-refractivity contribution in [2.45, 2.75) is 0 Å². The van der Waals surface area contributed by atoms with Crippen LogP contribution in [0.3, 0.4) is 0 Å². The van der Waals surface area contributed by atoms with Crippen LogP contribution < -0.4 is 11.0 Å². The summed E-state index contributed by atoms with van der Waals surface area (Å²) in [7, 11) is 1.59. The maximum Gasteiger partial charge on any atom is 0.238 e. The van der Waals surface area contributed by atoms with E-state index in [0.717, 1.165) is 0 Å². The van der Waals surface area contributed by atoms with Gasteiger partial charge in [-0.2, -0.15) is 0 Å². The van der Waals surface area contributed by atoms with Crippen molar-refractivity contribution in [2.75, 3.05) is 5.73 Å². The highest BCUT2D eigenvalue weighted by Crippen LogP contribution is 2.05. The number of nitrogens with one attached hydrogen (secondary N) is 1. The van der Waals surface area contributed by atoms with Crippen LogP contribution in [-0.2, 0) is 0 Å². The van der Waals surface area contributed by atoms with Crippen molar-refractivity contribution in [3.05, 3.63) is 29.8 Å². The molecular formula is C7H9BN2O. The van der Waals surface area contributed by atoms with Gasteiger partial charge in [-0.15, -0.1) is 0 Å². The van der Waals surface area contributed by atoms with Crippen molar-refractivity contribution >= 4 is 19.6 Å². The first-order valence-corrected chi connectivity index (χ1v) is 3.31. The molecule has 0 aliphatic heterocycles. The minimum absolute atomic E-state index is 0.114. The van der Waals surface area contributed by atoms with Crippen molar-refractivity contribution in [1.29, 1.82) is 0 Å². The number of rotatable bonds is 1. The Hall–Kier alpha value is -1.45. The first-order chi connectivity index (χ1) is 5.24. The number of nitrogens with two attached hydrogens (primary N) is 1. The lowest BCUT2D eigenvalue weighted by Gasteiger charge is -1.99. The summed E-state index contributed by atoms with van der Waals surface area (Å²) in [4.78, 5) is 11.0. The number of hydrogen-bond acceptors (Lipinski definition) is 2. The lowest BCUT2D eigenvalue weighted by atomic mass is 10.2. The first-order valence-electron chi connectivity index (χ1n) is 3.31. The lowest BCUT2D eigenvalue weighted by Crippen LogP contribution is -2.19. The third-order valence-corrected chi connectivity index (χ3v) is 1.38. The van der Waals surface area contributed by atoms with E-state index in [1.807, 2.05) is 0 Å². The summed E-state index contributed by atoms with van der Waals surface area (Å²) in [5.41, 5.74) is 6.66. The molecule has 0 aromatic heterocycles. The highest BCUT2D eigenvalue weighted by Gasteiger charge is 2.00. The van der Waals surface area contributed by atoms with Crippen LogP contribution in [0.1, 0.15) is 10.4 Å². The standard InChI is InChI=1S/C7H9BN2O/c8-10-7(11)5-2-1-3-6(9)4-5/h1-4H,8-9H2,(H,10,11). The second-order valence-corrected chi connectivity index (χ2v) is 2.20. The Morgan fingerprint density at radius 1 is 1.55 bits per heavy atom. The van der Waals surface area contributed by atoms with Crippen molar-refractivity contribution in [2.24, 2.45) is 0 Å². The van der Waals surface area contributed by atoms with Gasteiger partial charge in [0.1, 0.15) is 0 Å². The van der Waals surface area contributed by atoms with Crippen molar-refractivity contribution < 1.29 is 4.79 Å². The highest BCUT2D eigenvalue weighted by atomic mass is 16.1. The molecule has 0 radical (unpaired) electrons. The van der Waals surface area contributed by atoms with Gasteiger partial charge in [0.15, 0.2) is 0 Å². The number of benzene rings is 1. The van der Waals surface area contributed by atoms with Crippen LogP contribution in [0.25, 0.3) is 0 Å². The minimum atomic E-state index is -0.114. The quantitative estimate of drug-likeness (QED) is 0.418. The van der Waals surface area contributed by atoms with Crippen LogP contribution in [0.2, 0.25) is 0 Å². The Morgan fingerprint density at radius 3 is 2.82 bits per heavy atom. The van der Waals surface area contributed by atoms with Crippen LogP contribution in [0, 0.1) is 0 Å². The summed E-state index contributed by atoms with van der Waals surface area (Å²) >= 11 is 0. The Labute approximate surface area is 66.0 Å². The molecule has 0 heterocycles. The molecule has 56 valence electrons. The second kappa shape index (κ2) is 3.10. The lowest BCUT2D eigenvalue weighted by molar-refractivity contribution is 0.0981. The largest absolute Gasteiger partial charge is 0.402 e. The van der Waals surface area contributed by atoms with E-state index in [0.29, 0.717) is 11.3 Å². The molecule has 0 unspecified atom stereocenters. The molecule has 0 saturated heterocycles. The second-order valence-electron chi connectivity index (χ2n) is 2.20. The molecule has 1 aromatic rings. The Morgan fingerprint density at radius 2 is 2.27 bits per heavy atom. The molecule has 0 bridgehead atoms. The van der Waals surface area contributed by atoms with Gasteiger partial charge in [-0.3, -0.25) is 4.79 Å². The zero-order chi connectivity index (χ0) is 8.27. The minimum Gasteiger partial charge on any atom is -0.402 e. The Kier molecular flexibility index (Phi) is 2.16. The van der Waals surface area contributed by atoms with Crippen LogP contribution >= 0.6 is 0 Å². The van der Waals surface area contributed by atoms with E-state index in [4.69, 9.17) is 5.73 Å². The summed E-state index contributed by atoms with van der Waals surface area (Å²) in [6.45, 7) is 0. The van der Waals surface area contributed by atoms with Gasteiger partial charge >= 0.3 is 0 Å². The van der Waals surface area contributed by atoms with Gasteiger partial charge in [-0.05, 0) is 18.2 Å².